The predicted molar refractivity (Wildman–Crippen MR) is 153 cm³/mol. The smallest absolute Gasteiger partial charge is 0.276 e. The van der Waals surface area contributed by atoms with Gasteiger partial charge in [-0.1, -0.05) is 31.0 Å². The van der Waals surface area contributed by atoms with Gasteiger partial charge < -0.3 is 30.1 Å². The van der Waals surface area contributed by atoms with Crippen molar-refractivity contribution in [2.45, 2.75) is 66.8 Å². The van der Waals surface area contributed by atoms with Gasteiger partial charge in [-0.2, -0.15) is 0 Å². The molecule has 2 aliphatic rings. The number of nitrogens with zero attached hydrogens (tertiary/aromatic N) is 4. The molecule has 0 radical (unpaired) electrons. The number of amides is 1. The minimum Gasteiger partial charge on any atom is -0.384 e. The minimum atomic E-state index is -4.32. The minimum absolute atomic E-state index is 0.00846. The lowest BCUT2D eigenvalue weighted by Crippen LogP contribution is -2.53. The molecule has 2 fully saturated rings. The molecule has 1 saturated carbocycles. The van der Waals surface area contributed by atoms with Crippen molar-refractivity contribution >= 4 is 39.2 Å². The summed E-state index contributed by atoms with van der Waals surface area (Å²) in [5, 5.41) is 25.0. The average molecular weight is 650 g/mol. The van der Waals surface area contributed by atoms with Crippen molar-refractivity contribution in [3.8, 4) is 0 Å². The quantitative estimate of drug-likeness (QED) is 0.117. The zero-order valence-electron chi connectivity index (χ0n) is 23.9. The van der Waals surface area contributed by atoms with Gasteiger partial charge in [-0.3, -0.25) is 4.79 Å². The Balaban J connectivity index is 1.55. The van der Waals surface area contributed by atoms with Gasteiger partial charge in [0.05, 0.1) is 37.2 Å². The summed E-state index contributed by atoms with van der Waals surface area (Å²) in [6.45, 7) is 0.138. The van der Waals surface area contributed by atoms with E-state index in [1.54, 1.807) is 12.0 Å². The molecule has 2 aromatic heterocycles. The number of halogens is 2. The van der Waals surface area contributed by atoms with Crippen LogP contribution in [0.2, 0.25) is 0 Å². The molecule has 18 heteroatoms. The fourth-order valence-corrected chi connectivity index (χ4v) is 7.00. The number of sulfonamides is 1. The van der Waals surface area contributed by atoms with Crippen LogP contribution in [0, 0.1) is 5.92 Å². The van der Waals surface area contributed by atoms with Gasteiger partial charge in [0.1, 0.15) is 16.9 Å². The van der Waals surface area contributed by atoms with Crippen molar-refractivity contribution in [3.05, 3.63) is 18.0 Å². The van der Waals surface area contributed by atoms with E-state index in [1.807, 2.05) is 4.72 Å². The van der Waals surface area contributed by atoms with Crippen LogP contribution in [0.15, 0.2) is 26.8 Å². The fraction of sp³-hybridized carbons (Fsp3) is 0.680. The number of aliphatic hydroxyl groups is 1. The third-order valence-electron chi connectivity index (χ3n) is 7.38. The standard InChI is InChI=1S/C25H37F2N7O7S2/c1-39-8-9-42-25-22(32-41-33-25)24(36)31-21(15-6-4-3-5-7-15)23(35)30-20-10-17(34-13-16(14-34)40-2)18(11-28-20)43(37,38)29-12-19(26)27/h10-11,15-16,19,21,23,29,35H,3-9,12-14H2,1-2H3,(H,28,30)(H,31,36)/t21-,23-/m0/s1. The number of thioether (sulfide) groups is 1. The molecule has 1 saturated heterocycles. The maximum Gasteiger partial charge on any atom is 0.276 e. The first kappa shape index (κ1) is 33.3. The van der Waals surface area contributed by atoms with Crippen LogP contribution in [0.1, 0.15) is 42.6 Å². The highest BCUT2D eigenvalue weighted by atomic mass is 32.2. The van der Waals surface area contributed by atoms with E-state index in [4.69, 9.17) is 14.1 Å². The highest BCUT2D eigenvalue weighted by molar-refractivity contribution is 7.99. The summed E-state index contributed by atoms with van der Waals surface area (Å²) in [4.78, 5) is 18.9. The highest BCUT2D eigenvalue weighted by Crippen LogP contribution is 2.33. The Hall–Kier alpha value is -2.64. The maximum absolute atomic E-state index is 13.3. The normalized spacial score (nSPS) is 18.0. The number of ether oxygens (including phenoxy) is 2. The van der Waals surface area contributed by atoms with Gasteiger partial charge in [-0.05, 0) is 29.1 Å². The van der Waals surface area contributed by atoms with Gasteiger partial charge in [-0.15, -0.1) is 0 Å². The van der Waals surface area contributed by atoms with Crippen LogP contribution in [0.5, 0.6) is 0 Å². The van der Waals surface area contributed by atoms with E-state index in [2.05, 4.69) is 25.9 Å². The SMILES string of the molecule is COCCSc1nonc1C(=O)N[C@@H](C1CCCCC1)[C@H](O)Nc1cc(N2CC(OC)C2)c(S(=O)(=O)NCC(F)F)cn1. The molecular formula is C25H37F2N7O7S2. The molecule has 0 spiro atoms. The Kier molecular flexibility index (Phi) is 11.9. The van der Waals surface area contributed by atoms with E-state index in [-0.39, 0.29) is 34.1 Å². The third-order valence-corrected chi connectivity index (χ3v) is 9.73. The van der Waals surface area contributed by atoms with E-state index in [1.165, 1.54) is 24.9 Å². The first-order valence-corrected chi connectivity index (χ1v) is 16.3. The number of hydrogen-bond acceptors (Lipinski definition) is 13. The number of methoxy groups -OCH3 is 2. The van der Waals surface area contributed by atoms with Crippen LogP contribution < -0.4 is 20.3 Å². The molecule has 1 aliphatic heterocycles. The van der Waals surface area contributed by atoms with Gasteiger partial charge in [-0.25, -0.2) is 31.5 Å². The third kappa shape index (κ3) is 8.72. The zero-order chi connectivity index (χ0) is 31.0. The topological polar surface area (TPSA) is 181 Å². The molecular weight excluding hydrogens is 612 g/mol. The number of pyridine rings is 1. The number of carbonyl (C=O) groups is 1. The molecule has 0 aromatic carbocycles. The second-order valence-electron chi connectivity index (χ2n) is 10.3. The summed E-state index contributed by atoms with van der Waals surface area (Å²) >= 11 is 1.25. The van der Waals surface area contributed by atoms with E-state index >= 15 is 0 Å². The molecule has 43 heavy (non-hydrogen) atoms. The van der Waals surface area contributed by atoms with Gasteiger partial charge in [0.2, 0.25) is 15.7 Å². The van der Waals surface area contributed by atoms with E-state index in [0.29, 0.717) is 30.5 Å². The van der Waals surface area contributed by atoms with E-state index < -0.39 is 41.2 Å². The van der Waals surface area contributed by atoms with E-state index in [9.17, 15) is 27.1 Å². The molecule has 1 amide bonds. The van der Waals surface area contributed by atoms with Crippen molar-refractivity contribution in [2.75, 3.05) is 56.4 Å². The molecule has 4 rings (SSSR count). The number of hydrogen-bond donors (Lipinski definition) is 4. The number of carbonyl (C=O) groups excluding carboxylic acids is 1. The van der Waals surface area contributed by atoms with Crippen LogP contribution in [0.25, 0.3) is 0 Å². The molecule has 240 valence electrons. The van der Waals surface area contributed by atoms with Crippen molar-refractivity contribution in [2.24, 2.45) is 5.92 Å². The zero-order valence-corrected chi connectivity index (χ0v) is 25.5. The summed E-state index contributed by atoms with van der Waals surface area (Å²) < 4.78 is 68.3. The summed E-state index contributed by atoms with van der Waals surface area (Å²) in [7, 11) is -1.22. The lowest BCUT2D eigenvalue weighted by molar-refractivity contribution is 0.0740. The van der Waals surface area contributed by atoms with Crippen molar-refractivity contribution in [1.82, 2.24) is 25.3 Å². The van der Waals surface area contributed by atoms with Gasteiger partial charge >= 0.3 is 0 Å². The van der Waals surface area contributed by atoms with Gasteiger partial charge in [0.15, 0.2) is 5.03 Å². The number of aromatic nitrogens is 3. The molecule has 1 aliphatic carbocycles. The van der Waals surface area contributed by atoms with Crippen LogP contribution in [-0.4, -0.2) is 106 Å². The summed E-state index contributed by atoms with van der Waals surface area (Å²) in [5.41, 5.74) is 0.204. The molecule has 14 nitrogen and oxygen atoms in total. The fourth-order valence-electron chi connectivity index (χ4n) is 5.04. The van der Waals surface area contributed by atoms with Crippen LogP contribution in [0.3, 0.4) is 0 Å². The van der Waals surface area contributed by atoms with Crippen molar-refractivity contribution in [3.63, 3.8) is 0 Å². The Morgan fingerprint density at radius 3 is 2.65 bits per heavy atom. The second-order valence-corrected chi connectivity index (χ2v) is 13.1. The molecule has 3 heterocycles. The summed E-state index contributed by atoms with van der Waals surface area (Å²) in [6.07, 6.45) is 1.19. The number of alkyl halides is 2. The summed E-state index contributed by atoms with van der Waals surface area (Å²) in [6, 6.07) is 0.669. The Bertz CT molecular complexity index is 1310. The Labute approximate surface area is 252 Å². The number of aliphatic hydroxyl groups excluding tert-OH is 1. The molecule has 0 bridgehead atoms. The largest absolute Gasteiger partial charge is 0.384 e. The first-order chi connectivity index (χ1) is 20.6. The maximum atomic E-state index is 13.3. The Morgan fingerprint density at radius 1 is 1.23 bits per heavy atom. The number of nitrogens with one attached hydrogen (secondary N) is 3. The molecule has 2 aromatic rings. The molecule has 0 unspecified atom stereocenters. The predicted octanol–water partition coefficient (Wildman–Crippen LogP) is 1.69. The first-order valence-electron chi connectivity index (χ1n) is 13.9. The monoisotopic (exact) mass is 649 g/mol. The number of anilines is 2. The van der Waals surface area contributed by atoms with Crippen LogP contribution >= 0.6 is 11.8 Å². The highest BCUT2D eigenvalue weighted by Gasteiger charge is 2.35. The average Bonchev–Trinajstić information content (AvgIpc) is 3.43. The second kappa shape index (κ2) is 15.4. The van der Waals surface area contributed by atoms with Gasteiger partial charge in [0, 0.05) is 39.1 Å². The van der Waals surface area contributed by atoms with Crippen LogP contribution in [-0.2, 0) is 19.5 Å². The van der Waals surface area contributed by atoms with Gasteiger partial charge in [0.25, 0.3) is 12.3 Å². The molecule has 4 N–H and O–H groups in total. The van der Waals surface area contributed by atoms with E-state index in [0.717, 1.165) is 38.3 Å². The molecule has 2 atom stereocenters. The number of rotatable bonds is 16. The van der Waals surface area contributed by atoms with Crippen molar-refractivity contribution in [1.29, 1.82) is 0 Å². The van der Waals surface area contributed by atoms with Crippen molar-refractivity contribution < 1.29 is 41.2 Å². The lowest BCUT2D eigenvalue weighted by Gasteiger charge is -2.40. The summed E-state index contributed by atoms with van der Waals surface area (Å²) in [5.74, 6) is 0.0232. The van der Waals surface area contributed by atoms with Crippen LogP contribution in [0.4, 0.5) is 20.3 Å². The lowest BCUT2D eigenvalue weighted by atomic mass is 9.83. The Morgan fingerprint density at radius 2 is 1.98 bits per heavy atom.